The summed E-state index contributed by atoms with van der Waals surface area (Å²) in [6.45, 7) is 4.48. The Labute approximate surface area is 143 Å². The molecule has 0 aliphatic heterocycles. The third kappa shape index (κ3) is 2.57. The van der Waals surface area contributed by atoms with Crippen molar-refractivity contribution in [3.63, 3.8) is 0 Å². The normalized spacial score (nSPS) is 11.2. The van der Waals surface area contributed by atoms with Crippen molar-refractivity contribution < 1.29 is 0 Å². The molecular weight excluding hydrogens is 343 g/mol. The second-order valence-electron chi connectivity index (χ2n) is 5.97. The molecule has 0 aliphatic carbocycles. The van der Waals surface area contributed by atoms with Crippen molar-refractivity contribution in [3.8, 4) is 0 Å². The molecule has 0 aromatic heterocycles. The third-order valence-corrected chi connectivity index (χ3v) is 7.49. The van der Waals surface area contributed by atoms with E-state index in [2.05, 4.69) is 86.6 Å². The predicted molar refractivity (Wildman–Crippen MR) is 102 cm³/mol. The number of fused-ring (bicyclic) bond motifs is 2. The molecule has 0 heterocycles. The molecule has 0 N–H and O–H groups in total. The maximum absolute atomic E-state index is 2.26. The van der Waals surface area contributed by atoms with Gasteiger partial charge in [0, 0.05) is 0 Å². The van der Waals surface area contributed by atoms with Crippen LogP contribution in [0.2, 0.25) is 0 Å². The zero-order valence-corrected chi connectivity index (χ0v) is 15.0. The summed E-state index contributed by atoms with van der Waals surface area (Å²) in [6.07, 6.45) is 0. The molecule has 0 radical (unpaired) electrons. The minimum absolute atomic E-state index is 0.301. The van der Waals surface area contributed by atoms with E-state index in [1.54, 1.807) is 0 Å². The van der Waals surface area contributed by atoms with Gasteiger partial charge in [-0.05, 0) is 0 Å². The van der Waals surface area contributed by atoms with Crippen LogP contribution in [0.15, 0.2) is 72.8 Å². The summed E-state index contributed by atoms with van der Waals surface area (Å²) in [6, 6.07) is 26.5. The van der Waals surface area contributed by atoms with E-state index in [0.29, 0.717) is 15.0 Å². The first-order chi connectivity index (χ1) is 11.2. The Kier molecular flexibility index (Phi) is 3.69. The molecule has 0 saturated carbocycles. The van der Waals surface area contributed by atoms with Crippen molar-refractivity contribution in [2.45, 2.75) is 13.8 Å². The van der Waals surface area contributed by atoms with Crippen LogP contribution in [0.1, 0.15) is 11.1 Å². The van der Waals surface area contributed by atoms with Crippen LogP contribution in [0.3, 0.4) is 0 Å². The molecule has 0 aliphatic rings. The van der Waals surface area contributed by atoms with Crippen molar-refractivity contribution in [1.82, 2.24) is 0 Å². The zero-order valence-electron chi connectivity index (χ0n) is 13.3. The van der Waals surface area contributed by atoms with Gasteiger partial charge in [0.15, 0.2) is 0 Å². The first-order valence-corrected chi connectivity index (χ1v) is 9.60. The Hall–Kier alpha value is -2.08. The van der Waals surface area contributed by atoms with Gasteiger partial charge in [0.05, 0.1) is 0 Å². The van der Waals surface area contributed by atoms with Gasteiger partial charge in [0.2, 0.25) is 0 Å². The molecule has 0 fully saturated rings. The molecule has 0 atom stereocenters. The molecule has 0 unspecified atom stereocenters. The molecular formula is C22H18Se. The van der Waals surface area contributed by atoms with E-state index in [4.69, 9.17) is 0 Å². The number of hydrogen-bond acceptors (Lipinski definition) is 0. The van der Waals surface area contributed by atoms with Crippen LogP contribution < -0.4 is 8.92 Å². The number of aryl methyl sites for hydroxylation is 2. The van der Waals surface area contributed by atoms with Gasteiger partial charge in [-0.15, -0.1) is 0 Å². The topological polar surface area (TPSA) is 0 Å². The van der Waals surface area contributed by atoms with Crippen molar-refractivity contribution in [3.05, 3.63) is 83.9 Å². The van der Waals surface area contributed by atoms with Gasteiger partial charge >= 0.3 is 143 Å². The van der Waals surface area contributed by atoms with Crippen LogP contribution in [0.4, 0.5) is 0 Å². The minimum atomic E-state index is 0.301. The van der Waals surface area contributed by atoms with Gasteiger partial charge in [-0.2, -0.15) is 0 Å². The van der Waals surface area contributed by atoms with Crippen molar-refractivity contribution in [2.24, 2.45) is 0 Å². The first kappa shape index (κ1) is 14.5. The molecule has 4 aromatic carbocycles. The fraction of sp³-hybridized carbons (Fsp3) is 0.0909. The Morgan fingerprint density at radius 3 is 1.43 bits per heavy atom. The number of hydrogen-bond donors (Lipinski definition) is 0. The average molecular weight is 361 g/mol. The SMILES string of the molecule is Cc1ccc2ccccc2c1[Se]c1c(C)ccc2ccccc12. The van der Waals surface area contributed by atoms with E-state index in [9.17, 15) is 0 Å². The number of rotatable bonds is 2. The van der Waals surface area contributed by atoms with E-state index in [0.717, 1.165) is 0 Å². The van der Waals surface area contributed by atoms with Crippen molar-refractivity contribution in [2.75, 3.05) is 0 Å². The first-order valence-electron chi connectivity index (χ1n) is 7.88. The summed E-state index contributed by atoms with van der Waals surface area (Å²) in [5.41, 5.74) is 2.80. The summed E-state index contributed by atoms with van der Waals surface area (Å²) in [7, 11) is 0. The molecule has 0 spiro atoms. The molecule has 4 aromatic rings. The summed E-state index contributed by atoms with van der Waals surface area (Å²) >= 11 is 0.301. The van der Waals surface area contributed by atoms with E-state index < -0.39 is 0 Å². The van der Waals surface area contributed by atoms with E-state index >= 15 is 0 Å². The van der Waals surface area contributed by atoms with E-state index in [1.807, 2.05) is 0 Å². The predicted octanol–water partition coefficient (Wildman–Crippen LogP) is 4.26. The van der Waals surface area contributed by atoms with Crippen LogP contribution in [-0.2, 0) is 0 Å². The standard InChI is InChI=1S/C22H18Se/c1-15-11-13-17-7-3-5-9-19(17)21(15)23-22-16(2)12-14-18-8-4-6-10-20(18)22/h3-14H,1-2H3. The molecule has 23 heavy (non-hydrogen) atoms. The number of benzene rings is 4. The Balaban J connectivity index is 1.95. The zero-order chi connectivity index (χ0) is 15.8. The Bertz CT molecular complexity index is 931. The summed E-state index contributed by atoms with van der Waals surface area (Å²) < 4.78 is 3.02. The fourth-order valence-corrected chi connectivity index (χ4v) is 5.71. The fourth-order valence-electron chi connectivity index (χ4n) is 3.08. The van der Waals surface area contributed by atoms with E-state index in [1.165, 1.54) is 41.6 Å². The molecule has 0 nitrogen and oxygen atoms in total. The van der Waals surface area contributed by atoms with Crippen molar-refractivity contribution in [1.29, 1.82) is 0 Å². The Morgan fingerprint density at radius 1 is 0.522 bits per heavy atom. The van der Waals surface area contributed by atoms with Gasteiger partial charge in [-0.1, -0.05) is 0 Å². The van der Waals surface area contributed by atoms with Crippen molar-refractivity contribution >= 4 is 45.4 Å². The monoisotopic (exact) mass is 362 g/mol. The molecule has 4 rings (SSSR count). The van der Waals surface area contributed by atoms with Gasteiger partial charge in [0.25, 0.3) is 0 Å². The van der Waals surface area contributed by atoms with Gasteiger partial charge in [0.1, 0.15) is 0 Å². The van der Waals surface area contributed by atoms with Crippen LogP contribution >= 0.6 is 0 Å². The quantitative estimate of drug-likeness (QED) is 0.468. The second kappa shape index (κ2) is 5.85. The molecule has 0 saturated heterocycles. The summed E-state index contributed by atoms with van der Waals surface area (Å²) in [5.74, 6) is 0. The molecule has 1 heteroatoms. The third-order valence-electron chi connectivity index (χ3n) is 4.36. The van der Waals surface area contributed by atoms with Crippen LogP contribution in [0.25, 0.3) is 21.5 Å². The van der Waals surface area contributed by atoms with Gasteiger partial charge in [-0.3, -0.25) is 0 Å². The molecule has 0 bridgehead atoms. The van der Waals surface area contributed by atoms with Gasteiger partial charge in [-0.25, -0.2) is 0 Å². The molecule has 0 amide bonds. The van der Waals surface area contributed by atoms with Gasteiger partial charge < -0.3 is 0 Å². The maximum atomic E-state index is 2.26. The second-order valence-corrected chi connectivity index (χ2v) is 8.11. The van der Waals surface area contributed by atoms with Crippen LogP contribution in [-0.4, -0.2) is 15.0 Å². The summed E-state index contributed by atoms with van der Waals surface area (Å²) in [5, 5.41) is 5.49. The van der Waals surface area contributed by atoms with E-state index in [-0.39, 0.29) is 0 Å². The molecule has 112 valence electrons. The average Bonchev–Trinajstić information content (AvgIpc) is 2.59. The summed E-state index contributed by atoms with van der Waals surface area (Å²) in [4.78, 5) is 0. The van der Waals surface area contributed by atoms with Crippen LogP contribution in [0.5, 0.6) is 0 Å². The van der Waals surface area contributed by atoms with Crippen LogP contribution in [0, 0.1) is 13.8 Å². The Morgan fingerprint density at radius 2 is 0.957 bits per heavy atom.